The molecular weight excluding hydrogens is 320 g/mol. The maximum atomic E-state index is 10.4. The quantitative estimate of drug-likeness (QED) is 0.642. The van der Waals surface area contributed by atoms with Gasteiger partial charge in [-0.15, -0.1) is 11.3 Å². The van der Waals surface area contributed by atoms with Gasteiger partial charge in [0.1, 0.15) is 5.75 Å². The summed E-state index contributed by atoms with van der Waals surface area (Å²) >= 11 is 5.30. The molecule has 1 heterocycles. The largest absolute Gasteiger partial charge is 0.507 e. The summed E-state index contributed by atoms with van der Waals surface area (Å²) in [4.78, 5) is 0. The van der Waals surface area contributed by atoms with Crippen LogP contribution in [0.2, 0.25) is 0 Å². The van der Waals surface area contributed by atoms with Gasteiger partial charge in [-0.2, -0.15) is 0 Å². The minimum atomic E-state index is 0.489. The molecule has 0 aliphatic carbocycles. The molecule has 0 bridgehead atoms. The molecule has 0 radical (unpaired) electrons. The summed E-state index contributed by atoms with van der Waals surface area (Å²) in [7, 11) is 0. The Bertz CT molecular complexity index is 773. The lowest BCUT2D eigenvalue weighted by Crippen LogP contribution is -1.89. The van der Waals surface area contributed by atoms with Gasteiger partial charge in [0.25, 0.3) is 0 Å². The summed E-state index contributed by atoms with van der Waals surface area (Å²) < 4.78 is 3.60. The molecule has 3 heteroatoms. The monoisotopic (exact) mass is 334 g/mol. The van der Waals surface area contributed by atoms with Crippen LogP contribution in [0.4, 0.5) is 0 Å². The van der Waals surface area contributed by atoms with Gasteiger partial charge in [0, 0.05) is 30.2 Å². The topological polar surface area (TPSA) is 20.2 Å². The van der Waals surface area contributed by atoms with Gasteiger partial charge in [0.15, 0.2) is 0 Å². The van der Waals surface area contributed by atoms with E-state index in [9.17, 15) is 5.11 Å². The van der Waals surface area contributed by atoms with E-state index in [0.717, 1.165) is 28.4 Å². The van der Waals surface area contributed by atoms with Crippen LogP contribution in [0.25, 0.3) is 20.2 Å². The van der Waals surface area contributed by atoms with Crippen molar-refractivity contribution in [2.75, 3.05) is 0 Å². The van der Waals surface area contributed by atoms with E-state index in [1.165, 1.54) is 20.2 Å². The number of phenolic OH excluding ortho intramolecular Hbond substituents is 1. The molecule has 0 saturated carbocycles. The molecule has 19 heavy (non-hydrogen) atoms. The number of aromatic hydroxyl groups is 1. The van der Waals surface area contributed by atoms with E-state index in [2.05, 4.69) is 54.0 Å². The average Bonchev–Trinajstić information content (AvgIpc) is 2.74. The predicted octanol–water partition coefficient (Wildman–Crippen LogP) is 5.65. The fourth-order valence-corrected chi connectivity index (χ4v) is 4.45. The highest BCUT2D eigenvalue weighted by Crippen LogP contribution is 2.42. The molecule has 1 aromatic heterocycles. The molecule has 0 saturated heterocycles. The second-order valence-electron chi connectivity index (χ2n) is 4.69. The molecule has 0 atom stereocenters. The van der Waals surface area contributed by atoms with E-state index in [-0.39, 0.29) is 0 Å². The van der Waals surface area contributed by atoms with Crippen LogP contribution in [0.5, 0.6) is 5.75 Å². The molecule has 0 amide bonds. The lowest BCUT2D eigenvalue weighted by molar-refractivity contribution is 0.464. The zero-order valence-corrected chi connectivity index (χ0v) is 13.4. The average molecular weight is 335 g/mol. The van der Waals surface area contributed by atoms with Crippen molar-refractivity contribution in [2.24, 2.45) is 0 Å². The SMILES string of the molecule is CCc1cc2c(sc3cc(Br)ccc32)c(CC)c1O. The first-order valence-electron chi connectivity index (χ1n) is 6.51. The summed E-state index contributed by atoms with van der Waals surface area (Å²) in [5, 5.41) is 12.9. The Morgan fingerprint density at radius 3 is 2.58 bits per heavy atom. The van der Waals surface area contributed by atoms with Crippen LogP contribution in [-0.2, 0) is 12.8 Å². The first kappa shape index (κ1) is 12.9. The summed E-state index contributed by atoms with van der Waals surface area (Å²) in [6, 6.07) is 8.55. The number of rotatable bonds is 2. The van der Waals surface area contributed by atoms with Gasteiger partial charge < -0.3 is 5.11 Å². The summed E-state index contributed by atoms with van der Waals surface area (Å²) in [5.74, 6) is 0.489. The maximum absolute atomic E-state index is 10.4. The van der Waals surface area contributed by atoms with Gasteiger partial charge in [-0.1, -0.05) is 35.8 Å². The molecule has 1 nitrogen and oxygen atoms in total. The summed E-state index contributed by atoms with van der Waals surface area (Å²) in [6.07, 6.45) is 1.73. The molecule has 3 rings (SSSR count). The summed E-state index contributed by atoms with van der Waals surface area (Å²) in [5.41, 5.74) is 2.14. The Balaban J connectivity index is 2.49. The van der Waals surface area contributed by atoms with Crippen LogP contribution in [0.3, 0.4) is 0 Å². The smallest absolute Gasteiger partial charge is 0.123 e. The van der Waals surface area contributed by atoms with E-state index < -0.39 is 0 Å². The van der Waals surface area contributed by atoms with Gasteiger partial charge in [-0.25, -0.2) is 0 Å². The molecule has 0 aliphatic heterocycles. The normalized spacial score (nSPS) is 11.5. The third-order valence-electron chi connectivity index (χ3n) is 3.61. The third-order valence-corrected chi connectivity index (χ3v) is 5.33. The minimum Gasteiger partial charge on any atom is -0.507 e. The molecule has 0 aliphatic rings. The van der Waals surface area contributed by atoms with Crippen LogP contribution in [0, 0.1) is 0 Å². The van der Waals surface area contributed by atoms with Gasteiger partial charge in [-0.3, -0.25) is 0 Å². The van der Waals surface area contributed by atoms with Crippen molar-refractivity contribution in [3.05, 3.63) is 39.9 Å². The Hall–Kier alpha value is -1.06. The molecule has 3 aromatic rings. The molecule has 0 unspecified atom stereocenters. The highest BCUT2D eigenvalue weighted by molar-refractivity contribution is 9.10. The van der Waals surface area contributed by atoms with Gasteiger partial charge in [0.2, 0.25) is 0 Å². The van der Waals surface area contributed by atoms with Crippen molar-refractivity contribution < 1.29 is 5.11 Å². The minimum absolute atomic E-state index is 0.489. The zero-order chi connectivity index (χ0) is 13.6. The zero-order valence-electron chi connectivity index (χ0n) is 11.0. The van der Waals surface area contributed by atoms with Crippen LogP contribution in [0.15, 0.2) is 28.7 Å². The molecule has 0 fully saturated rings. The number of hydrogen-bond acceptors (Lipinski definition) is 2. The van der Waals surface area contributed by atoms with E-state index >= 15 is 0 Å². The van der Waals surface area contributed by atoms with Crippen LogP contribution < -0.4 is 0 Å². The Morgan fingerprint density at radius 1 is 1.11 bits per heavy atom. The van der Waals surface area contributed by atoms with Crippen molar-refractivity contribution >= 4 is 47.4 Å². The Kier molecular flexibility index (Phi) is 3.27. The number of thiophene rings is 1. The molecule has 1 N–H and O–H groups in total. The fraction of sp³-hybridized carbons (Fsp3) is 0.250. The Labute approximate surface area is 125 Å². The van der Waals surface area contributed by atoms with Crippen molar-refractivity contribution in [1.82, 2.24) is 0 Å². The number of aryl methyl sites for hydroxylation is 2. The van der Waals surface area contributed by atoms with Crippen molar-refractivity contribution in [1.29, 1.82) is 0 Å². The lowest BCUT2D eigenvalue weighted by atomic mass is 10.0. The van der Waals surface area contributed by atoms with E-state index in [1.54, 1.807) is 11.3 Å². The number of fused-ring (bicyclic) bond motifs is 3. The van der Waals surface area contributed by atoms with E-state index in [4.69, 9.17) is 0 Å². The van der Waals surface area contributed by atoms with Crippen LogP contribution in [0.1, 0.15) is 25.0 Å². The number of phenols is 1. The standard InChI is InChI=1S/C16H15BrOS/c1-3-9-7-13-12-6-5-10(17)8-14(12)19-16(13)11(4-2)15(9)18/h5-8,18H,3-4H2,1-2H3. The highest BCUT2D eigenvalue weighted by atomic mass is 79.9. The third kappa shape index (κ3) is 1.96. The molecule has 0 spiro atoms. The second-order valence-corrected chi connectivity index (χ2v) is 6.66. The molecular formula is C16H15BrOS. The van der Waals surface area contributed by atoms with Gasteiger partial charge >= 0.3 is 0 Å². The maximum Gasteiger partial charge on any atom is 0.123 e. The van der Waals surface area contributed by atoms with E-state index in [1.807, 2.05) is 0 Å². The first-order chi connectivity index (χ1) is 9.15. The first-order valence-corrected chi connectivity index (χ1v) is 8.12. The second kappa shape index (κ2) is 4.80. The number of benzene rings is 2. The lowest BCUT2D eigenvalue weighted by Gasteiger charge is -2.08. The fourth-order valence-electron chi connectivity index (χ4n) is 2.60. The van der Waals surface area contributed by atoms with Gasteiger partial charge in [-0.05, 0) is 36.6 Å². The van der Waals surface area contributed by atoms with Crippen molar-refractivity contribution in [2.45, 2.75) is 26.7 Å². The summed E-state index contributed by atoms with van der Waals surface area (Å²) in [6.45, 7) is 4.19. The Morgan fingerprint density at radius 2 is 1.89 bits per heavy atom. The number of hydrogen-bond donors (Lipinski definition) is 1. The number of halogens is 1. The van der Waals surface area contributed by atoms with Crippen LogP contribution in [-0.4, -0.2) is 5.11 Å². The molecule has 2 aromatic carbocycles. The predicted molar refractivity (Wildman–Crippen MR) is 87.5 cm³/mol. The van der Waals surface area contributed by atoms with Gasteiger partial charge in [0.05, 0.1) is 0 Å². The van der Waals surface area contributed by atoms with Crippen molar-refractivity contribution in [3.8, 4) is 5.75 Å². The van der Waals surface area contributed by atoms with Crippen molar-refractivity contribution in [3.63, 3.8) is 0 Å². The van der Waals surface area contributed by atoms with E-state index in [0.29, 0.717) is 5.75 Å². The van der Waals surface area contributed by atoms with Crippen LogP contribution >= 0.6 is 27.3 Å². The molecule has 98 valence electrons. The highest BCUT2D eigenvalue weighted by Gasteiger charge is 2.15.